The summed E-state index contributed by atoms with van der Waals surface area (Å²) in [6, 6.07) is 0. The summed E-state index contributed by atoms with van der Waals surface area (Å²) < 4.78 is 0. The van der Waals surface area contributed by atoms with Gasteiger partial charge in [-0.05, 0) is 0 Å². The quantitative estimate of drug-likeness (QED) is 0.342. The first-order valence-electron chi connectivity index (χ1n) is 2.96. The van der Waals surface area contributed by atoms with Gasteiger partial charge in [0.15, 0.2) is 0 Å². The fourth-order valence-electron chi connectivity index (χ4n) is 0.877. The van der Waals surface area contributed by atoms with Crippen molar-refractivity contribution in [3.63, 3.8) is 0 Å². The van der Waals surface area contributed by atoms with Crippen molar-refractivity contribution in [1.29, 1.82) is 0 Å². The molecule has 4 N–H and O–H groups in total. The highest BCUT2D eigenvalue weighted by Crippen LogP contribution is 2.02. The maximum atomic E-state index is 8.91. The molecule has 10 heavy (non-hydrogen) atoms. The molecule has 0 spiro atoms. The summed E-state index contributed by atoms with van der Waals surface area (Å²) in [5, 5.41) is 29.4. The summed E-state index contributed by atoms with van der Waals surface area (Å²) >= 11 is 0. The maximum Gasteiger partial charge on any atom is 0.108 e. The Kier molecular flexibility index (Phi) is 4.15. The Morgan fingerprint density at radius 1 is 1.00 bits per heavy atom. The van der Waals surface area contributed by atoms with E-state index in [9.17, 15) is 0 Å². The van der Waals surface area contributed by atoms with Crippen molar-refractivity contribution in [2.75, 3.05) is 13.1 Å². The van der Waals surface area contributed by atoms with Gasteiger partial charge in [0.05, 0.1) is 12.2 Å². The van der Waals surface area contributed by atoms with Gasteiger partial charge in [0, 0.05) is 13.1 Å². The van der Waals surface area contributed by atoms with Gasteiger partial charge in [-0.25, -0.2) is 0 Å². The summed E-state index contributed by atoms with van der Waals surface area (Å²) in [7, 11) is 0. The van der Waals surface area contributed by atoms with Crippen molar-refractivity contribution >= 4 is 12.4 Å². The molecule has 3 atom stereocenters. The topological polar surface area (TPSA) is 72.7 Å². The zero-order valence-electron chi connectivity index (χ0n) is 5.40. The fourth-order valence-corrected chi connectivity index (χ4v) is 0.877. The van der Waals surface area contributed by atoms with Crippen LogP contribution in [0.1, 0.15) is 0 Å². The fraction of sp³-hybridized carbons (Fsp3) is 1.00. The summed E-state index contributed by atoms with van der Waals surface area (Å²) in [6.07, 6.45) is -2.63. The normalized spacial score (nSPS) is 40.5. The third-order valence-corrected chi connectivity index (χ3v) is 1.50. The molecule has 1 heterocycles. The first-order chi connectivity index (χ1) is 4.22. The number of aliphatic hydroxyl groups excluding tert-OH is 3. The number of piperidine rings is 1. The maximum absolute atomic E-state index is 8.91. The molecule has 62 valence electrons. The molecule has 5 heteroatoms. The van der Waals surface area contributed by atoms with Crippen LogP contribution in [0.5, 0.6) is 0 Å². The minimum atomic E-state index is -0.980. The molecule has 1 aliphatic heterocycles. The highest BCUT2D eigenvalue weighted by molar-refractivity contribution is 5.85. The van der Waals surface area contributed by atoms with E-state index in [1.807, 2.05) is 0 Å². The predicted octanol–water partition coefficient (Wildman–Crippen LogP) is -1.91. The number of β-amino-alcohol motifs (C(OH)–C–C–N with tert-alkyl or cyclic N) is 2. The summed E-state index contributed by atoms with van der Waals surface area (Å²) in [5.41, 5.74) is 0. The molecule has 0 aromatic rings. The van der Waals surface area contributed by atoms with E-state index in [1.54, 1.807) is 0 Å². The molecular weight excluding hydrogens is 158 g/mol. The highest BCUT2D eigenvalue weighted by atomic mass is 35.5. The smallest absolute Gasteiger partial charge is 0.108 e. The van der Waals surface area contributed by atoms with Crippen LogP contribution in [0.25, 0.3) is 0 Å². The lowest BCUT2D eigenvalue weighted by atomic mass is 10.0. The van der Waals surface area contributed by atoms with Crippen LogP contribution < -0.4 is 5.32 Å². The second-order valence-corrected chi connectivity index (χ2v) is 2.28. The molecular formula is C5H12ClNO3. The van der Waals surface area contributed by atoms with Gasteiger partial charge in [-0.3, -0.25) is 0 Å². The number of nitrogens with one attached hydrogen (secondary N) is 1. The molecule has 1 saturated heterocycles. The van der Waals surface area contributed by atoms with E-state index in [2.05, 4.69) is 5.32 Å². The Hall–Kier alpha value is 0.130. The van der Waals surface area contributed by atoms with E-state index in [1.165, 1.54) is 0 Å². The van der Waals surface area contributed by atoms with Gasteiger partial charge in [0.1, 0.15) is 6.10 Å². The summed E-state index contributed by atoms with van der Waals surface area (Å²) in [4.78, 5) is 0. The van der Waals surface area contributed by atoms with Crippen LogP contribution in [-0.4, -0.2) is 46.7 Å². The molecule has 0 aromatic carbocycles. The number of hydrogen-bond acceptors (Lipinski definition) is 4. The minimum Gasteiger partial charge on any atom is -0.389 e. The average Bonchev–Trinajstić information content (AvgIpc) is 1.83. The lowest BCUT2D eigenvalue weighted by Gasteiger charge is -2.28. The standard InChI is InChI=1S/C5H11NO3.ClH/c7-3-1-6-2-4(8)5(3)9;/h3-9H,1-2H2;1H/t3-,4+,5?;. The van der Waals surface area contributed by atoms with Crippen molar-refractivity contribution < 1.29 is 15.3 Å². The van der Waals surface area contributed by atoms with E-state index in [0.717, 1.165) is 0 Å². The van der Waals surface area contributed by atoms with Crippen molar-refractivity contribution in [2.45, 2.75) is 18.3 Å². The van der Waals surface area contributed by atoms with Crippen LogP contribution in [0.3, 0.4) is 0 Å². The molecule has 0 aliphatic carbocycles. The first-order valence-corrected chi connectivity index (χ1v) is 2.96. The summed E-state index contributed by atoms with van der Waals surface area (Å²) in [6.45, 7) is 0.719. The van der Waals surface area contributed by atoms with Crippen LogP contribution in [-0.2, 0) is 0 Å². The zero-order valence-corrected chi connectivity index (χ0v) is 6.21. The van der Waals surface area contributed by atoms with Crippen molar-refractivity contribution in [2.24, 2.45) is 0 Å². The van der Waals surface area contributed by atoms with Crippen LogP contribution in [0, 0.1) is 0 Å². The van der Waals surface area contributed by atoms with Crippen LogP contribution in [0.2, 0.25) is 0 Å². The molecule has 4 nitrogen and oxygen atoms in total. The van der Waals surface area contributed by atoms with Gasteiger partial charge in [0.2, 0.25) is 0 Å². The van der Waals surface area contributed by atoms with Crippen LogP contribution in [0.4, 0.5) is 0 Å². The molecule has 0 saturated carbocycles. The molecule has 0 radical (unpaired) electrons. The number of rotatable bonds is 0. The molecule has 1 rings (SSSR count). The Morgan fingerprint density at radius 3 is 1.70 bits per heavy atom. The monoisotopic (exact) mass is 169 g/mol. The largest absolute Gasteiger partial charge is 0.389 e. The van der Waals surface area contributed by atoms with Gasteiger partial charge in [-0.15, -0.1) is 12.4 Å². The lowest BCUT2D eigenvalue weighted by molar-refractivity contribution is -0.0750. The molecule has 0 amide bonds. The van der Waals surface area contributed by atoms with Gasteiger partial charge in [0.25, 0.3) is 0 Å². The summed E-state index contributed by atoms with van der Waals surface area (Å²) in [5.74, 6) is 0. The van der Waals surface area contributed by atoms with Crippen molar-refractivity contribution in [3.8, 4) is 0 Å². The van der Waals surface area contributed by atoms with E-state index in [4.69, 9.17) is 15.3 Å². The zero-order chi connectivity index (χ0) is 6.85. The number of hydrogen-bond donors (Lipinski definition) is 4. The van der Waals surface area contributed by atoms with Gasteiger partial charge in [-0.1, -0.05) is 0 Å². The minimum absolute atomic E-state index is 0. The molecule has 1 aliphatic rings. The Morgan fingerprint density at radius 2 is 1.40 bits per heavy atom. The van der Waals surface area contributed by atoms with Gasteiger partial charge >= 0.3 is 0 Å². The Bertz CT molecular complexity index is 92.9. The van der Waals surface area contributed by atoms with Gasteiger partial charge < -0.3 is 20.6 Å². The third kappa shape index (κ3) is 2.07. The van der Waals surface area contributed by atoms with Crippen molar-refractivity contribution in [3.05, 3.63) is 0 Å². The van der Waals surface area contributed by atoms with E-state index in [-0.39, 0.29) is 12.4 Å². The SMILES string of the molecule is Cl.OC1[C@H](O)CNC[C@@H]1O. The average molecular weight is 170 g/mol. The highest BCUT2D eigenvalue weighted by Gasteiger charge is 2.27. The molecule has 0 aromatic heterocycles. The number of aliphatic hydroxyl groups is 3. The van der Waals surface area contributed by atoms with E-state index >= 15 is 0 Å². The molecule has 1 unspecified atom stereocenters. The molecule has 1 fully saturated rings. The number of halogens is 1. The van der Waals surface area contributed by atoms with Crippen LogP contribution >= 0.6 is 12.4 Å². The Balaban J connectivity index is 0.000000810. The third-order valence-electron chi connectivity index (χ3n) is 1.50. The second kappa shape index (κ2) is 4.10. The van der Waals surface area contributed by atoms with Crippen molar-refractivity contribution in [1.82, 2.24) is 5.32 Å². The van der Waals surface area contributed by atoms with Crippen LogP contribution in [0.15, 0.2) is 0 Å². The second-order valence-electron chi connectivity index (χ2n) is 2.28. The lowest BCUT2D eigenvalue weighted by Crippen LogP contribution is -2.53. The predicted molar refractivity (Wildman–Crippen MR) is 38.1 cm³/mol. The molecule has 0 bridgehead atoms. The Labute approximate surface area is 65.3 Å². The first kappa shape index (κ1) is 10.1. The van der Waals surface area contributed by atoms with Gasteiger partial charge in [-0.2, -0.15) is 0 Å². The van der Waals surface area contributed by atoms with E-state index in [0.29, 0.717) is 13.1 Å². The van der Waals surface area contributed by atoms with E-state index < -0.39 is 18.3 Å².